The minimum atomic E-state index is -0.403. The molecular formula is C54H59N5O9. The molecule has 4 aliphatic rings. The van der Waals surface area contributed by atoms with Gasteiger partial charge in [-0.15, -0.1) is 0 Å². The molecule has 0 fully saturated rings. The van der Waals surface area contributed by atoms with Gasteiger partial charge < -0.3 is 35.6 Å². The zero-order valence-corrected chi connectivity index (χ0v) is 38.5. The predicted molar refractivity (Wildman–Crippen MR) is 258 cm³/mol. The van der Waals surface area contributed by atoms with E-state index in [0.717, 1.165) is 54.4 Å². The van der Waals surface area contributed by atoms with E-state index in [1.807, 2.05) is 72.8 Å². The molecule has 5 amide bonds. The van der Waals surface area contributed by atoms with Crippen molar-refractivity contribution in [3.8, 4) is 23.0 Å². The third kappa shape index (κ3) is 11.3. The van der Waals surface area contributed by atoms with Crippen LogP contribution in [0.25, 0.3) is 0 Å². The van der Waals surface area contributed by atoms with E-state index in [4.69, 9.17) is 9.47 Å². The quantitative estimate of drug-likeness (QED) is 0.0564. The minimum Gasteiger partial charge on any atom is -0.507 e. The zero-order valence-electron chi connectivity index (χ0n) is 38.5. The van der Waals surface area contributed by atoms with Crippen molar-refractivity contribution in [3.63, 3.8) is 0 Å². The molecule has 0 radical (unpaired) electrons. The van der Waals surface area contributed by atoms with Gasteiger partial charge in [-0.3, -0.25) is 33.8 Å². The van der Waals surface area contributed by atoms with E-state index in [0.29, 0.717) is 51.5 Å². The number of aromatic hydroxyl groups is 2. The highest BCUT2D eigenvalue weighted by molar-refractivity contribution is 6.21. The summed E-state index contributed by atoms with van der Waals surface area (Å²) in [5.74, 6) is -0.702. The lowest BCUT2D eigenvalue weighted by atomic mass is 9.91. The van der Waals surface area contributed by atoms with Crippen molar-refractivity contribution in [2.45, 2.75) is 71.1 Å². The lowest BCUT2D eigenvalue weighted by Gasteiger charge is -2.23. The Morgan fingerprint density at radius 3 is 1.51 bits per heavy atom. The first-order valence-electron chi connectivity index (χ1n) is 23.7. The molecule has 5 N–H and O–H groups in total. The van der Waals surface area contributed by atoms with Crippen molar-refractivity contribution < 1.29 is 43.7 Å². The molecule has 0 spiro atoms. The van der Waals surface area contributed by atoms with E-state index in [1.165, 1.54) is 17.4 Å². The fraction of sp³-hybridized carbons (Fsp3) is 0.352. The smallest absolute Gasteiger partial charge is 0.261 e. The number of fused-ring (bicyclic) bond motifs is 13. The van der Waals surface area contributed by atoms with Crippen LogP contribution in [-0.2, 0) is 40.1 Å². The summed E-state index contributed by atoms with van der Waals surface area (Å²) in [6.45, 7) is 2.50. The van der Waals surface area contributed by atoms with Crippen molar-refractivity contribution >= 4 is 35.2 Å². The van der Waals surface area contributed by atoms with Gasteiger partial charge in [-0.25, -0.2) is 0 Å². The molecule has 1 aliphatic carbocycles. The molecule has 3 heterocycles. The number of rotatable bonds is 10. The van der Waals surface area contributed by atoms with Gasteiger partial charge in [0.25, 0.3) is 23.6 Å². The molecular weight excluding hydrogens is 863 g/mol. The fourth-order valence-corrected chi connectivity index (χ4v) is 9.26. The van der Waals surface area contributed by atoms with Gasteiger partial charge in [0.05, 0.1) is 17.7 Å². The SMILES string of the molecule is CCCCCCCCN1C(=O)c2ccc(NC(=O)CN3CCNC(=O)COc4c5cccc4Cc4cccc(c4O)Cc4cccc(c4OCC(=O)NCC3)Cc3cccc(c3O)C5)cc2C1=O. The van der Waals surface area contributed by atoms with E-state index in [9.17, 15) is 34.2 Å². The Balaban J connectivity index is 1.02. The second kappa shape index (κ2) is 22.1. The Hall–Kier alpha value is -7.19. The van der Waals surface area contributed by atoms with E-state index in [2.05, 4.69) is 22.9 Å². The van der Waals surface area contributed by atoms with Crippen LogP contribution in [0.4, 0.5) is 5.69 Å². The van der Waals surface area contributed by atoms with Crippen LogP contribution >= 0.6 is 0 Å². The fourth-order valence-electron chi connectivity index (χ4n) is 9.26. The number of ether oxygens (including phenoxy) is 2. The Morgan fingerprint density at radius 2 is 1.03 bits per heavy atom. The normalized spacial score (nSPS) is 15.7. The van der Waals surface area contributed by atoms with Crippen molar-refractivity contribution in [1.82, 2.24) is 20.4 Å². The highest BCUT2D eigenvalue weighted by Crippen LogP contribution is 2.38. The molecule has 0 unspecified atom stereocenters. The van der Waals surface area contributed by atoms with Crippen LogP contribution < -0.4 is 25.4 Å². The topological polar surface area (TPSA) is 187 Å². The Labute approximate surface area is 396 Å². The standard InChI is InChI=1S/C54H59N5O9/c1-2-3-4-5-6-7-24-59-53(65)44-21-20-43(31-45(44)54(59)66)57-46(60)32-58-25-22-55-47(61)33-67-51-39-16-10-18-41(51)29-37-14-9-15-38(50(37)64)30-42-19-11-17-40(52(42)68-34-48(62)56-23-26-58)28-36-13-8-12-35(27-39)49(36)63/h8-21,31,63-64H,2-7,22-30,32-34H2,1H3,(H,55,61)(H,56,62)(H,57,60). The first-order chi connectivity index (χ1) is 33.1. The summed E-state index contributed by atoms with van der Waals surface area (Å²) < 4.78 is 12.7. The molecule has 3 aliphatic heterocycles. The second-order valence-electron chi connectivity index (χ2n) is 17.8. The number of para-hydroxylation sites is 4. The molecule has 14 heteroatoms. The highest BCUT2D eigenvalue weighted by Gasteiger charge is 2.35. The molecule has 9 rings (SSSR count). The number of nitrogens with zero attached hydrogens (tertiary/aromatic N) is 2. The monoisotopic (exact) mass is 921 g/mol. The van der Waals surface area contributed by atoms with Gasteiger partial charge in [-0.2, -0.15) is 0 Å². The number of unbranched alkanes of at least 4 members (excludes halogenated alkanes) is 5. The summed E-state index contributed by atoms with van der Waals surface area (Å²) >= 11 is 0. The highest BCUT2D eigenvalue weighted by atomic mass is 16.5. The molecule has 0 aromatic heterocycles. The number of carbonyl (C=O) groups excluding carboxylic acids is 5. The van der Waals surface area contributed by atoms with Crippen molar-refractivity contribution in [2.24, 2.45) is 0 Å². The predicted octanol–water partition coefficient (Wildman–Crippen LogP) is 6.68. The molecule has 0 saturated heterocycles. The largest absolute Gasteiger partial charge is 0.507 e. The maximum Gasteiger partial charge on any atom is 0.261 e. The molecule has 0 saturated carbocycles. The first kappa shape index (κ1) is 47.3. The maximum absolute atomic E-state index is 13.6. The number of nitrogens with one attached hydrogen (secondary N) is 3. The Kier molecular flexibility index (Phi) is 15.4. The lowest BCUT2D eigenvalue weighted by Crippen LogP contribution is -2.44. The number of hydrogen-bond donors (Lipinski definition) is 5. The molecule has 0 atom stereocenters. The summed E-state index contributed by atoms with van der Waals surface area (Å²) in [6, 6.07) is 27.3. The third-order valence-corrected chi connectivity index (χ3v) is 12.8. The van der Waals surface area contributed by atoms with E-state index >= 15 is 0 Å². The molecule has 10 bridgehead atoms. The van der Waals surface area contributed by atoms with Crippen molar-refractivity contribution in [3.05, 3.63) is 147 Å². The summed E-state index contributed by atoms with van der Waals surface area (Å²) in [5.41, 5.74) is 6.52. The Bertz CT molecular complexity index is 2490. The molecule has 354 valence electrons. The van der Waals surface area contributed by atoms with Crippen molar-refractivity contribution in [2.75, 3.05) is 57.8 Å². The van der Waals surface area contributed by atoms with Gasteiger partial charge in [-0.05, 0) is 69.1 Å². The minimum absolute atomic E-state index is 0.111. The second-order valence-corrected chi connectivity index (χ2v) is 17.8. The lowest BCUT2D eigenvalue weighted by molar-refractivity contribution is -0.123. The van der Waals surface area contributed by atoms with Crippen LogP contribution in [0, 0.1) is 0 Å². The van der Waals surface area contributed by atoms with Gasteiger partial charge in [0.15, 0.2) is 13.2 Å². The number of phenols is 2. The van der Waals surface area contributed by atoms with Crippen LogP contribution in [0.5, 0.6) is 23.0 Å². The number of amides is 5. The van der Waals surface area contributed by atoms with Crippen LogP contribution in [0.15, 0.2) is 91.0 Å². The molecule has 5 aromatic carbocycles. The third-order valence-electron chi connectivity index (χ3n) is 12.8. The van der Waals surface area contributed by atoms with Crippen LogP contribution in [0.3, 0.4) is 0 Å². The number of imide groups is 1. The molecule has 68 heavy (non-hydrogen) atoms. The summed E-state index contributed by atoms with van der Waals surface area (Å²) in [5, 5.41) is 32.1. The average molecular weight is 922 g/mol. The Morgan fingerprint density at radius 1 is 0.588 bits per heavy atom. The number of anilines is 1. The van der Waals surface area contributed by atoms with Gasteiger partial charge in [0.1, 0.15) is 23.0 Å². The summed E-state index contributed by atoms with van der Waals surface area (Å²) in [7, 11) is 0. The van der Waals surface area contributed by atoms with Crippen LogP contribution in [0.2, 0.25) is 0 Å². The average Bonchev–Trinajstić information content (AvgIpc) is 3.55. The van der Waals surface area contributed by atoms with Gasteiger partial charge in [0, 0.05) is 64.1 Å². The number of hydrogen-bond acceptors (Lipinski definition) is 10. The van der Waals surface area contributed by atoms with Crippen LogP contribution in [0.1, 0.15) is 111 Å². The van der Waals surface area contributed by atoms with Gasteiger partial charge in [-0.1, -0.05) is 112 Å². The van der Waals surface area contributed by atoms with E-state index in [1.54, 1.807) is 17.0 Å². The zero-order chi connectivity index (χ0) is 47.6. The summed E-state index contributed by atoms with van der Waals surface area (Å²) in [4.78, 5) is 70.1. The number of benzene rings is 5. The van der Waals surface area contributed by atoms with Gasteiger partial charge in [0.2, 0.25) is 5.91 Å². The van der Waals surface area contributed by atoms with E-state index < -0.39 is 17.7 Å². The first-order valence-corrected chi connectivity index (χ1v) is 23.7. The van der Waals surface area contributed by atoms with Crippen LogP contribution in [-0.4, -0.2) is 102 Å². The molecule has 5 aromatic rings. The van der Waals surface area contributed by atoms with Gasteiger partial charge >= 0.3 is 0 Å². The number of phenolic OH excluding ortho intramolecular Hbond substituents is 2. The molecule has 14 nitrogen and oxygen atoms in total. The maximum atomic E-state index is 13.6. The summed E-state index contributed by atoms with van der Waals surface area (Å²) in [6.07, 6.45) is 7.32. The number of carbonyl (C=O) groups is 5. The van der Waals surface area contributed by atoms with E-state index in [-0.39, 0.29) is 100 Å². The van der Waals surface area contributed by atoms with Crippen molar-refractivity contribution in [1.29, 1.82) is 0 Å².